The first-order valence-corrected chi connectivity index (χ1v) is 5.10. The molecule has 1 aliphatic heterocycles. The van der Waals surface area contributed by atoms with Crippen molar-refractivity contribution in [1.82, 2.24) is 0 Å². The molecule has 1 saturated carbocycles. The van der Waals surface area contributed by atoms with Gasteiger partial charge in [-0.2, -0.15) is 0 Å². The van der Waals surface area contributed by atoms with Crippen molar-refractivity contribution >= 4 is 7.28 Å². The van der Waals surface area contributed by atoms with Gasteiger partial charge < -0.3 is 9.47 Å². The molecule has 2 aliphatic rings. The average Bonchev–Trinajstić information content (AvgIpc) is 2.59. The highest BCUT2D eigenvalue weighted by molar-refractivity contribution is 6.40. The largest absolute Gasteiger partial charge is 0.348 e. The Morgan fingerprint density at radius 3 is 2.38 bits per heavy atom. The quantitative estimate of drug-likeness (QED) is 0.572. The molecule has 71 valence electrons. The molecule has 0 atom stereocenters. The van der Waals surface area contributed by atoms with Crippen LogP contribution in [0.1, 0.15) is 25.7 Å². The minimum atomic E-state index is -0.203. The molecule has 1 heterocycles. The summed E-state index contributed by atoms with van der Waals surface area (Å²) in [5.74, 6) is 2.02. The molecule has 3 heteroatoms. The van der Waals surface area contributed by atoms with Crippen molar-refractivity contribution in [2.45, 2.75) is 38.3 Å². The molecular formula is C10H16BO2. The normalized spacial score (nSPS) is 26.4. The maximum Gasteiger partial charge on any atom is 0.169 e. The van der Waals surface area contributed by atoms with Crippen LogP contribution in [0.4, 0.5) is 0 Å². The summed E-state index contributed by atoms with van der Waals surface area (Å²) in [6.07, 6.45) is 4.33. The van der Waals surface area contributed by atoms with Crippen LogP contribution >= 0.6 is 0 Å². The Bertz CT molecular complexity index is 195. The number of ether oxygens (including phenoxy) is 2. The molecular weight excluding hydrogens is 163 g/mol. The summed E-state index contributed by atoms with van der Waals surface area (Å²) in [5, 5.41) is 0. The van der Waals surface area contributed by atoms with Crippen LogP contribution in [-0.4, -0.2) is 26.3 Å². The summed E-state index contributed by atoms with van der Waals surface area (Å²) in [7, 11) is 2.11. The summed E-state index contributed by atoms with van der Waals surface area (Å²) in [4.78, 5) is 0. The Kier molecular flexibility index (Phi) is 2.75. The third-order valence-electron chi connectivity index (χ3n) is 2.87. The first-order chi connectivity index (χ1) is 6.35. The monoisotopic (exact) mass is 179 g/mol. The summed E-state index contributed by atoms with van der Waals surface area (Å²) in [6.45, 7) is 3.62. The zero-order valence-corrected chi connectivity index (χ0v) is 8.21. The molecule has 2 nitrogen and oxygen atoms in total. The Labute approximate surface area is 80.5 Å². The molecule has 1 aliphatic carbocycles. The third kappa shape index (κ3) is 1.97. The van der Waals surface area contributed by atoms with Crippen molar-refractivity contribution in [2.75, 3.05) is 13.2 Å². The zero-order valence-electron chi connectivity index (χ0n) is 8.21. The van der Waals surface area contributed by atoms with Crippen LogP contribution < -0.4 is 0 Å². The Morgan fingerprint density at radius 2 is 1.85 bits per heavy atom. The van der Waals surface area contributed by atoms with Gasteiger partial charge in [0.1, 0.15) is 7.28 Å². The van der Waals surface area contributed by atoms with Crippen molar-refractivity contribution in [2.24, 2.45) is 0 Å². The smallest absolute Gasteiger partial charge is 0.169 e. The lowest BCUT2D eigenvalue weighted by Gasteiger charge is -2.32. The zero-order chi connectivity index (χ0) is 9.15. The maximum atomic E-state index is 5.65. The average molecular weight is 179 g/mol. The second-order valence-corrected chi connectivity index (χ2v) is 3.77. The first kappa shape index (κ1) is 9.29. The van der Waals surface area contributed by atoms with Crippen molar-refractivity contribution in [3.63, 3.8) is 0 Å². The maximum absolute atomic E-state index is 5.65. The molecule has 1 spiro atoms. The molecule has 13 heavy (non-hydrogen) atoms. The van der Waals surface area contributed by atoms with Gasteiger partial charge in [-0.05, 0) is 12.8 Å². The fraction of sp³-hybridized carbons (Fsp3) is 0.800. The van der Waals surface area contributed by atoms with E-state index < -0.39 is 0 Å². The topological polar surface area (TPSA) is 18.5 Å². The van der Waals surface area contributed by atoms with E-state index in [2.05, 4.69) is 20.1 Å². The number of allylic oxidation sites excluding steroid dienone is 1. The molecule has 0 amide bonds. The predicted octanol–water partition coefficient (Wildman–Crippen LogP) is 1.94. The molecule has 0 aromatic rings. The van der Waals surface area contributed by atoms with Crippen LogP contribution in [0, 0.1) is 0 Å². The van der Waals surface area contributed by atoms with E-state index in [0.29, 0.717) is 0 Å². The fourth-order valence-electron chi connectivity index (χ4n) is 2.14. The Balaban J connectivity index is 1.91. The number of hydrogen-bond donors (Lipinski definition) is 0. The third-order valence-corrected chi connectivity index (χ3v) is 2.87. The highest BCUT2D eigenvalue weighted by Crippen LogP contribution is 2.37. The molecule has 0 aromatic carbocycles. The second kappa shape index (κ2) is 3.85. The summed E-state index contributed by atoms with van der Waals surface area (Å²) >= 11 is 0. The van der Waals surface area contributed by atoms with Gasteiger partial charge in [-0.1, -0.05) is 12.4 Å². The van der Waals surface area contributed by atoms with Crippen molar-refractivity contribution < 1.29 is 9.47 Å². The van der Waals surface area contributed by atoms with Gasteiger partial charge in [-0.15, -0.1) is 5.98 Å². The fourth-order valence-corrected chi connectivity index (χ4v) is 2.14. The number of hydrogen-bond acceptors (Lipinski definition) is 2. The van der Waals surface area contributed by atoms with E-state index >= 15 is 0 Å². The van der Waals surface area contributed by atoms with Gasteiger partial charge in [0.2, 0.25) is 0 Å². The van der Waals surface area contributed by atoms with E-state index in [1.807, 2.05) is 0 Å². The van der Waals surface area contributed by atoms with Crippen molar-refractivity contribution in [3.8, 4) is 0 Å². The Hall–Kier alpha value is -0.275. The van der Waals surface area contributed by atoms with E-state index in [4.69, 9.17) is 9.47 Å². The molecule has 0 unspecified atom stereocenters. The molecule has 0 aromatic heterocycles. The summed E-state index contributed by atoms with van der Waals surface area (Å²) in [6, 6.07) is 0. The van der Waals surface area contributed by atoms with Crippen molar-refractivity contribution in [1.29, 1.82) is 0 Å². The van der Waals surface area contributed by atoms with Crippen LogP contribution in [0.25, 0.3) is 0 Å². The second-order valence-electron chi connectivity index (χ2n) is 3.77. The standard InChI is InChI=1S/C10H16BO2/c1-11-8-9-2-4-10(5-3-9)12-6-7-13-10/h8H,2-7H2,1H3. The van der Waals surface area contributed by atoms with Crippen LogP contribution in [0.2, 0.25) is 6.82 Å². The molecule has 0 N–H and O–H groups in total. The van der Waals surface area contributed by atoms with Gasteiger partial charge in [0.25, 0.3) is 0 Å². The highest BCUT2D eigenvalue weighted by atomic mass is 16.7. The van der Waals surface area contributed by atoms with E-state index in [-0.39, 0.29) is 5.79 Å². The molecule has 2 fully saturated rings. The van der Waals surface area contributed by atoms with Crippen molar-refractivity contribution in [3.05, 3.63) is 11.5 Å². The number of rotatable bonds is 1. The molecule has 1 radical (unpaired) electrons. The van der Waals surface area contributed by atoms with E-state index in [1.165, 1.54) is 5.57 Å². The lowest BCUT2D eigenvalue weighted by atomic mass is 9.76. The van der Waals surface area contributed by atoms with Crippen LogP contribution in [-0.2, 0) is 9.47 Å². The van der Waals surface area contributed by atoms with Gasteiger partial charge in [-0.3, -0.25) is 0 Å². The van der Waals surface area contributed by atoms with Gasteiger partial charge >= 0.3 is 0 Å². The van der Waals surface area contributed by atoms with E-state index in [9.17, 15) is 0 Å². The highest BCUT2D eigenvalue weighted by Gasteiger charge is 2.38. The van der Waals surface area contributed by atoms with Crippen LogP contribution in [0.15, 0.2) is 11.5 Å². The lowest BCUT2D eigenvalue weighted by molar-refractivity contribution is -0.171. The van der Waals surface area contributed by atoms with Crippen LogP contribution in [0.3, 0.4) is 0 Å². The van der Waals surface area contributed by atoms with Gasteiger partial charge in [0, 0.05) is 12.8 Å². The van der Waals surface area contributed by atoms with Crippen LogP contribution in [0.5, 0.6) is 0 Å². The Morgan fingerprint density at radius 1 is 1.23 bits per heavy atom. The predicted molar refractivity (Wildman–Crippen MR) is 52.8 cm³/mol. The van der Waals surface area contributed by atoms with Gasteiger partial charge in [0.05, 0.1) is 13.2 Å². The lowest BCUT2D eigenvalue weighted by Crippen LogP contribution is -2.33. The minimum Gasteiger partial charge on any atom is -0.348 e. The molecule has 1 saturated heterocycles. The van der Waals surface area contributed by atoms with Gasteiger partial charge in [0.15, 0.2) is 5.79 Å². The van der Waals surface area contributed by atoms with E-state index in [1.54, 1.807) is 0 Å². The summed E-state index contributed by atoms with van der Waals surface area (Å²) in [5.41, 5.74) is 1.53. The minimum absolute atomic E-state index is 0.203. The first-order valence-electron chi connectivity index (χ1n) is 5.10. The van der Waals surface area contributed by atoms with E-state index in [0.717, 1.165) is 38.9 Å². The summed E-state index contributed by atoms with van der Waals surface area (Å²) < 4.78 is 11.3. The molecule has 2 rings (SSSR count). The molecule has 0 bridgehead atoms. The van der Waals surface area contributed by atoms with Gasteiger partial charge in [-0.25, -0.2) is 0 Å². The SMILES string of the molecule is C[B]C=C1CCC2(CC1)OCCO2.